The summed E-state index contributed by atoms with van der Waals surface area (Å²) in [5.74, 6) is 0. The topological polar surface area (TPSA) is 9.23 Å². The van der Waals surface area contributed by atoms with Gasteiger partial charge in [0, 0.05) is 5.33 Å². The normalized spacial score (nSPS) is 10.8. The first-order valence-electron chi connectivity index (χ1n) is 4.26. The predicted molar refractivity (Wildman–Crippen MR) is 59.0 cm³/mol. The zero-order valence-electron chi connectivity index (χ0n) is 7.45. The minimum Gasteiger partial charge on any atom is -0.373 e. The first kappa shape index (κ1) is 10.5. The van der Waals surface area contributed by atoms with Crippen LogP contribution in [-0.2, 0) is 11.3 Å². The number of halogens is 1. The highest BCUT2D eigenvalue weighted by Gasteiger charge is 1.88. The quantitative estimate of drug-likeness (QED) is 0.437. The molecule has 2 heteroatoms. The van der Waals surface area contributed by atoms with Crippen LogP contribution in [0.4, 0.5) is 0 Å². The Hall–Kier alpha value is -0.600. The lowest BCUT2D eigenvalue weighted by Crippen LogP contribution is -1.91. The van der Waals surface area contributed by atoms with E-state index in [1.165, 1.54) is 5.56 Å². The van der Waals surface area contributed by atoms with Crippen molar-refractivity contribution < 1.29 is 4.74 Å². The fourth-order valence-corrected chi connectivity index (χ4v) is 1.21. The second-order valence-electron chi connectivity index (χ2n) is 2.63. The van der Waals surface area contributed by atoms with Crippen molar-refractivity contribution in [2.75, 3.05) is 11.9 Å². The Morgan fingerprint density at radius 1 is 1.15 bits per heavy atom. The number of hydrogen-bond donors (Lipinski definition) is 0. The molecule has 0 unspecified atom stereocenters. The van der Waals surface area contributed by atoms with Gasteiger partial charge in [-0.05, 0) is 5.56 Å². The minimum absolute atomic E-state index is 0.681. The first-order chi connectivity index (χ1) is 6.43. The Bertz CT molecular complexity index is 244. The van der Waals surface area contributed by atoms with Crippen molar-refractivity contribution in [1.82, 2.24) is 0 Å². The molecule has 70 valence electrons. The summed E-state index contributed by atoms with van der Waals surface area (Å²) in [6, 6.07) is 10.2. The number of allylic oxidation sites excluding steroid dienone is 1. The zero-order chi connectivity index (χ0) is 9.36. The summed E-state index contributed by atoms with van der Waals surface area (Å²) in [7, 11) is 0. The van der Waals surface area contributed by atoms with Crippen LogP contribution in [0, 0.1) is 0 Å². The van der Waals surface area contributed by atoms with Gasteiger partial charge in [-0.2, -0.15) is 0 Å². The molecule has 0 heterocycles. The molecule has 0 saturated heterocycles. The van der Waals surface area contributed by atoms with Crippen LogP contribution in [0.25, 0.3) is 0 Å². The van der Waals surface area contributed by atoms with E-state index in [0.717, 1.165) is 5.33 Å². The molecule has 0 bridgehead atoms. The number of alkyl halides is 1. The summed E-state index contributed by atoms with van der Waals surface area (Å²) in [5, 5.41) is 0.891. The summed E-state index contributed by atoms with van der Waals surface area (Å²) < 4.78 is 5.41. The zero-order valence-corrected chi connectivity index (χ0v) is 9.03. The van der Waals surface area contributed by atoms with Gasteiger partial charge < -0.3 is 4.74 Å². The smallest absolute Gasteiger partial charge is 0.0721 e. The molecule has 0 amide bonds. The lowest BCUT2D eigenvalue weighted by Gasteiger charge is -2.00. The molecule has 0 N–H and O–H groups in total. The molecular weight excluding hydrogens is 228 g/mol. The average Bonchev–Trinajstić information content (AvgIpc) is 2.19. The maximum Gasteiger partial charge on any atom is 0.0721 e. The van der Waals surface area contributed by atoms with Crippen LogP contribution in [0.1, 0.15) is 5.56 Å². The number of ether oxygens (including phenoxy) is 1. The summed E-state index contributed by atoms with van der Waals surface area (Å²) in [5.41, 5.74) is 1.22. The van der Waals surface area contributed by atoms with E-state index in [1.54, 1.807) is 0 Å². The van der Waals surface area contributed by atoms with Crippen molar-refractivity contribution >= 4 is 15.9 Å². The third-order valence-electron chi connectivity index (χ3n) is 1.58. The molecule has 0 fully saturated rings. The Balaban J connectivity index is 2.17. The standard InChI is InChI=1S/C11H13BrO/c12-8-4-5-9-13-10-11-6-2-1-3-7-11/h1-7H,8-10H2/b5-4-. The lowest BCUT2D eigenvalue weighted by atomic mass is 10.2. The van der Waals surface area contributed by atoms with Gasteiger partial charge >= 0.3 is 0 Å². The van der Waals surface area contributed by atoms with Crippen molar-refractivity contribution in [3.8, 4) is 0 Å². The third kappa shape index (κ3) is 4.86. The van der Waals surface area contributed by atoms with Gasteiger partial charge in [0.2, 0.25) is 0 Å². The van der Waals surface area contributed by atoms with Crippen LogP contribution in [-0.4, -0.2) is 11.9 Å². The molecule has 0 saturated carbocycles. The highest BCUT2D eigenvalue weighted by atomic mass is 79.9. The van der Waals surface area contributed by atoms with E-state index in [-0.39, 0.29) is 0 Å². The second kappa shape index (κ2) is 6.87. The summed E-state index contributed by atoms with van der Waals surface area (Å²) >= 11 is 3.30. The van der Waals surface area contributed by atoms with E-state index in [0.29, 0.717) is 13.2 Å². The van der Waals surface area contributed by atoms with Gasteiger partial charge in [-0.3, -0.25) is 0 Å². The van der Waals surface area contributed by atoms with Gasteiger partial charge in [0.15, 0.2) is 0 Å². The van der Waals surface area contributed by atoms with E-state index >= 15 is 0 Å². The predicted octanol–water partition coefficient (Wildman–Crippen LogP) is 3.15. The van der Waals surface area contributed by atoms with E-state index in [4.69, 9.17) is 4.74 Å². The first-order valence-corrected chi connectivity index (χ1v) is 5.38. The monoisotopic (exact) mass is 240 g/mol. The van der Waals surface area contributed by atoms with Crippen LogP contribution in [0.5, 0.6) is 0 Å². The lowest BCUT2D eigenvalue weighted by molar-refractivity contribution is 0.148. The Kier molecular flexibility index (Phi) is 5.54. The highest BCUT2D eigenvalue weighted by molar-refractivity contribution is 9.09. The Morgan fingerprint density at radius 3 is 2.62 bits per heavy atom. The molecule has 1 aromatic rings. The summed E-state index contributed by atoms with van der Waals surface area (Å²) in [4.78, 5) is 0. The van der Waals surface area contributed by atoms with Crippen LogP contribution in [0.2, 0.25) is 0 Å². The van der Waals surface area contributed by atoms with E-state index in [9.17, 15) is 0 Å². The third-order valence-corrected chi connectivity index (χ3v) is 1.96. The van der Waals surface area contributed by atoms with Crippen LogP contribution < -0.4 is 0 Å². The van der Waals surface area contributed by atoms with Gasteiger partial charge in [-0.15, -0.1) is 0 Å². The maximum absolute atomic E-state index is 5.41. The second-order valence-corrected chi connectivity index (χ2v) is 3.27. The minimum atomic E-state index is 0.681. The van der Waals surface area contributed by atoms with Crippen LogP contribution in [0.3, 0.4) is 0 Å². The van der Waals surface area contributed by atoms with E-state index < -0.39 is 0 Å². The number of rotatable bonds is 5. The van der Waals surface area contributed by atoms with Crippen molar-refractivity contribution in [2.45, 2.75) is 6.61 Å². The van der Waals surface area contributed by atoms with Gasteiger partial charge in [0.05, 0.1) is 13.2 Å². The molecule has 1 aromatic carbocycles. The molecular formula is C11H13BrO. The molecule has 1 rings (SSSR count). The fourth-order valence-electron chi connectivity index (χ4n) is 0.950. The van der Waals surface area contributed by atoms with Gasteiger partial charge in [-0.1, -0.05) is 58.4 Å². The summed E-state index contributed by atoms with van der Waals surface area (Å²) in [6.45, 7) is 1.37. The average molecular weight is 241 g/mol. The highest BCUT2D eigenvalue weighted by Crippen LogP contribution is 2.00. The van der Waals surface area contributed by atoms with Crippen molar-refractivity contribution in [3.05, 3.63) is 48.0 Å². The van der Waals surface area contributed by atoms with E-state index in [1.807, 2.05) is 30.4 Å². The van der Waals surface area contributed by atoms with Crippen molar-refractivity contribution in [3.63, 3.8) is 0 Å². The summed E-state index contributed by atoms with van der Waals surface area (Å²) in [6.07, 6.45) is 4.04. The van der Waals surface area contributed by atoms with Gasteiger partial charge in [-0.25, -0.2) is 0 Å². The molecule has 1 nitrogen and oxygen atoms in total. The molecule has 0 aliphatic heterocycles. The molecule has 0 atom stereocenters. The van der Waals surface area contributed by atoms with Gasteiger partial charge in [0.1, 0.15) is 0 Å². The SMILES string of the molecule is BrC/C=C\COCc1ccccc1. The molecule has 13 heavy (non-hydrogen) atoms. The van der Waals surface area contributed by atoms with Crippen molar-refractivity contribution in [2.24, 2.45) is 0 Å². The fraction of sp³-hybridized carbons (Fsp3) is 0.273. The molecule has 0 spiro atoms. The van der Waals surface area contributed by atoms with E-state index in [2.05, 4.69) is 28.1 Å². The Morgan fingerprint density at radius 2 is 1.92 bits per heavy atom. The van der Waals surface area contributed by atoms with Gasteiger partial charge in [0.25, 0.3) is 0 Å². The molecule has 0 aromatic heterocycles. The Labute approximate surface area is 87.5 Å². The maximum atomic E-state index is 5.41. The van der Waals surface area contributed by atoms with Crippen LogP contribution >= 0.6 is 15.9 Å². The molecule has 0 aliphatic carbocycles. The number of benzene rings is 1. The largest absolute Gasteiger partial charge is 0.373 e. The van der Waals surface area contributed by atoms with Crippen molar-refractivity contribution in [1.29, 1.82) is 0 Å². The number of hydrogen-bond acceptors (Lipinski definition) is 1. The molecule has 0 aliphatic rings. The molecule has 0 radical (unpaired) electrons. The van der Waals surface area contributed by atoms with Crippen LogP contribution in [0.15, 0.2) is 42.5 Å².